The minimum atomic E-state index is -0.488. The van der Waals surface area contributed by atoms with Gasteiger partial charge in [-0.15, -0.1) is 0 Å². The number of non-ortho nitro benzene ring substituents is 1. The zero-order valence-electron chi connectivity index (χ0n) is 13.6. The van der Waals surface area contributed by atoms with Crippen molar-refractivity contribution in [3.8, 4) is 0 Å². The highest BCUT2D eigenvalue weighted by Crippen LogP contribution is 2.20. The number of nitro groups is 1. The fourth-order valence-electron chi connectivity index (χ4n) is 3.19. The van der Waals surface area contributed by atoms with Crippen LogP contribution in [0.5, 0.6) is 0 Å². The molecule has 1 atom stereocenters. The number of carbonyl (C=O) groups excluding carboxylic acids is 2. The third-order valence-corrected chi connectivity index (χ3v) is 4.55. The molecule has 9 heteroatoms. The average Bonchev–Trinajstić information content (AvgIpc) is 3.02. The van der Waals surface area contributed by atoms with Gasteiger partial charge in [-0.25, -0.2) is 4.79 Å². The van der Waals surface area contributed by atoms with Gasteiger partial charge in [-0.3, -0.25) is 19.8 Å². The molecule has 3 rings (SSSR count). The number of ether oxygens (including phenoxy) is 1. The van der Waals surface area contributed by atoms with Gasteiger partial charge in [-0.1, -0.05) is 0 Å². The molecule has 0 saturated carbocycles. The molecular weight excluding hydrogens is 328 g/mol. The molecule has 1 aromatic carbocycles. The summed E-state index contributed by atoms with van der Waals surface area (Å²) in [6, 6.07) is 5.22. The van der Waals surface area contributed by atoms with Gasteiger partial charge in [0.15, 0.2) is 0 Å². The van der Waals surface area contributed by atoms with Gasteiger partial charge in [0.2, 0.25) is 0 Å². The molecule has 0 radical (unpaired) electrons. The zero-order chi connectivity index (χ0) is 17.8. The van der Waals surface area contributed by atoms with Crippen LogP contribution < -0.4 is 10.6 Å². The summed E-state index contributed by atoms with van der Waals surface area (Å²) in [4.78, 5) is 35.9. The van der Waals surface area contributed by atoms with E-state index < -0.39 is 4.92 Å². The van der Waals surface area contributed by atoms with Crippen molar-refractivity contribution in [2.24, 2.45) is 0 Å². The molecule has 2 heterocycles. The van der Waals surface area contributed by atoms with E-state index >= 15 is 0 Å². The lowest BCUT2D eigenvalue weighted by molar-refractivity contribution is -0.384. The second-order valence-corrected chi connectivity index (χ2v) is 6.18. The molecule has 2 fully saturated rings. The Morgan fingerprint density at radius 2 is 1.88 bits per heavy atom. The Morgan fingerprint density at radius 1 is 1.20 bits per heavy atom. The average molecular weight is 348 g/mol. The fourth-order valence-corrected chi connectivity index (χ4v) is 3.19. The molecule has 2 saturated heterocycles. The molecule has 0 aliphatic carbocycles. The van der Waals surface area contributed by atoms with Crippen LogP contribution in [0.25, 0.3) is 0 Å². The van der Waals surface area contributed by atoms with Crippen LogP contribution in [0.1, 0.15) is 19.3 Å². The van der Waals surface area contributed by atoms with Gasteiger partial charge in [0.1, 0.15) is 6.04 Å². The monoisotopic (exact) mass is 348 g/mol. The summed E-state index contributed by atoms with van der Waals surface area (Å²) in [5.41, 5.74) is 0.470. The summed E-state index contributed by atoms with van der Waals surface area (Å²) in [5.74, 6) is -0.151. The van der Waals surface area contributed by atoms with Crippen molar-refractivity contribution in [1.29, 1.82) is 0 Å². The largest absolute Gasteiger partial charge is 0.464 e. The highest BCUT2D eigenvalue weighted by Gasteiger charge is 2.34. The number of rotatable bonds is 4. The van der Waals surface area contributed by atoms with E-state index in [1.807, 2.05) is 0 Å². The van der Waals surface area contributed by atoms with Crippen molar-refractivity contribution in [2.75, 3.05) is 25.0 Å². The van der Waals surface area contributed by atoms with Gasteiger partial charge in [-0.05, 0) is 25.0 Å². The van der Waals surface area contributed by atoms with Crippen molar-refractivity contribution >= 4 is 23.4 Å². The zero-order valence-corrected chi connectivity index (χ0v) is 13.6. The number of hydrogen-bond acceptors (Lipinski definition) is 6. The topological polar surface area (TPSA) is 114 Å². The van der Waals surface area contributed by atoms with Gasteiger partial charge in [0.05, 0.1) is 11.5 Å². The molecule has 1 aromatic rings. The van der Waals surface area contributed by atoms with Crippen LogP contribution >= 0.6 is 0 Å². The summed E-state index contributed by atoms with van der Waals surface area (Å²) in [7, 11) is 0. The van der Waals surface area contributed by atoms with Gasteiger partial charge in [0.25, 0.3) is 5.69 Å². The van der Waals surface area contributed by atoms with Gasteiger partial charge >= 0.3 is 12.0 Å². The Labute approximate surface area is 144 Å². The van der Waals surface area contributed by atoms with E-state index in [1.54, 1.807) is 0 Å². The van der Waals surface area contributed by atoms with E-state index in [4.69, 9.17) is 4.74 Å². The highest BCUT2D eigenvalue weighted by molar-refractivity contribution is 5.89. The molecule has 0 bridgehead atoms. The Hall–Kier alpha value is -2.68. The van der Waals surface area contributed by atoms with E-state index in [0.29, 0.717) is 12.3 Å². The Bertz CT molecular complexity index is 655. The number of nitrogens with one attached hydrogen (secondary N) is 2. The summed E-state index contributed by atoms with van der Waals surface area (Å²) < 4.78 is 5.00. The van der Waals surface area contributed by atoms with E-state index in [0.717, 1.165) is 32.4 Å². The lowest BCUT2D eigenvalue weighted by Crippen LogP contribution is -2.49. The second-order valence-electron chi connectivity index (χ2n) is 6.18. The standard InChI is InChI=1S/C16H20N4O5/c21-15-14(7-10-25-15)19-8-5-12(6-9-19)18-16(22)17-11-1-3-13(4-2-11)20(23)24/h1-4,12,14H,5-10H2,(H2,17,18,22)/t14-/m1/s1. The van der Waals surface area contributed by atoms with Gasteiger partial charge in [0, 0.05) is 43.4 Å². The highest BCUT2D eigenvalue weighted by atomic mass is 16.6. The third kappa shape index (κ3) is 4.24. The van der Waals surface area contributed by atoms with Crippen molar-refractivity contribution < 1.29 is 19.2 Å². The maximum Gasteiger partial charge on any atom is 0.323 e. The normalized spacial score (nSPS) is 21.6. The lowest BCUT2D eigenvalue weighted by Gasteiger charge is -2.34. The van der Waals surface area contributed by atoms with Crippen molar-refractivity contribution in [3.63, 3.8) is 0 Å². The number of nitrogens with zero attached hydrogens (tertiary/aromatic N) is 2. The molecule has 2 aliphatic rings. The number of cyclic esters (lactones) is 1. The molecule has 2 N–H and O–H groups in total. The number of piperidine rings is 1. The van der Waals surface area contributed by atoms with Crippen LogP contribution in [-0.4, -0.2) is 53.6 Å². The van der Waals surface area contributed by atoms with Crippen molar-refractivity contribution in [2.45, 2.75) is 31.3 Å². The Kier molecular flexibility index (Phi) is 5.13. The van der Waals surface area contributed by atoms with Crippen LogP contribution in [0.3, 0.4) is 0 Å². The molecule has 0 aromatic heterocycles. The lowest BCUT2D eigenvalue weighted by atomic mass is 10.0. The maximum atomic E-state index is 12.0. The number of anilines is 1. The number of amides is 2. The summed E-state index contributed by atoms with van der Waals surface area (Å²) in [6.07, 6.45) is 2.26. The molecule has 134 valence electrons. The molecule has 0 spiro atoms. The minimum absolute atomic E-state index is 0.0243. The number of urea groups is 1. The molecular formula is C16H20N4O5. The first-order valence-corrected chi connectivity index (χ1v) is 8.25. The number of hydrogen-bond donors (Lipinski definition) is 2. The molecule has 9 nitrogen and oxygen atoms in total. The Morgan fingerprint density at radius 3 is 2.44 bits per heavy atom. The number of likely N-dealkylation sites (tertiary alicyclic amines) is 1. The van der Waals surface area contributed by atoms with Gasteiger partial charge < -0.3 is 15.4 Å². The van der Waals surface area contributed by atoms with E-state index in [-0.39, 0.29) is 29.8 Å². The van der Waals surface area contributed by atoms with Crippen LogP contribution in [0.4, 0.5) is 16.2 Å². The molecule has 25 heavy (non-hydrogen) atoms. The number of benzene rings is 1. The van der Waals surface area contributed by atoms with Crippen LogP contribution in [0, 0.1) is 10.1 Å². The first-order valence-electron chi connectivity index (χ1n) is 8.25. The fraction of sp³-hybridized carbons (Fsp3) is 0.500. The number of carbonyl (C=O) groups is 2. The van der Waals surface area contributed by atoms with Crippen molar-refractivity contribution in [1.82, 2.24) is 10.2 Å². The van der Waals surface area contributed by atoms with Crippen molar-refractivity contribution in [3.05, 3.63) is 34.4 Å². The predicted molar refractivity (Wildman–Crippen MR) is 89.2 cm³/mol. The summed E-state index contributed by atoms with van der Waals surface area (Å²) in [6.45, 7) is 1.96. The summed E-state index contributed by atoms with van der Waals surface area (Å²) >= 11 is 0. The van der Waals surface area contributed by atoms with E-state index in [9.17, 15) is 19.7 Å². The molecule has 2 amide bonds. The summed E-state index contributed by atoms with van der Waals surface area (Å²) in [5, 5.41) is 16.2. The number of nitro benzene ring substituents is 1. The predicted octanol–water partition coefficient (Wildman–Crippen LogP) is 1.50. The first-order chi connectivity index (χ1) is 12.0. The van der Waals surface area contributed by atoms with Crippen LogP contribution in [-0.2, 0) is 9.53 Å². The SMILES string of the molecule is O=C(Nc1ccc([N+](=O)[O-])cc1)NC1CCN([C@@H]2CCOC2=O)CC1. The number of esters is 1. The molecule has 0 unspecified atom stereocenters. The van der Waals surface area contributed by atoms with E-state index in [2.05, 4.69) is 15.5 Å². The third-order valence-electron chi connectivity index (χ3n) is 4.55. The smallest absolute Gasteiger partial charge is 0.323 e. The van der Waals surface area contributed by atoms with Gasteiger partial charge in [-0.2, -0.15) is 0 Å². The second kappa shape index (κ2) is 7.47. The minimum Gasteiger partial charge on any atom is -0.464 e. The first kappa shape index (κ1) is 17.2. The van der Waals surface area contributed by atoms with Crippen LogP contribution in [0.15, 0.2) is 24.3 Å². The quantitative estimate of drug-likeness (QED) is 0.484. The Balaban J connectivity index is 1.44. The van der Waals surface area contributed by atoms with E-state index in [1.165, 1.54) is 24.3 Å². The van der Waals surface area contributed by atoms with Crippen LogP contribution in [0.2, 0.25) is 0 Å². The maximum absolute atomic E-state index is 12.0. The molecule has 2 aliphatic heterocycles.